The Morgan fingerprint density at radius 2 is 1.79 bits per heavy atom. The SMILES string of the molecule is O=C(c1ccc(F)cc1Cl)N1CCn2c(nnc2C(F)(F)F)[C@H]1c1ccccc1. The van der Waals surface area contributed by atoms with Crippen LogP contribution in [0.2, 0.25) is 5.02 Å². The van der Waals surface area contributed by atoms with Crippen LogP contribution in [0.5, 0.6) is 0 Å². The maximum Gasteiger partial charge on any atom is 0.451 e. The predicted molar refractivity (Wildman–Crippen MR) is 95.8 cm³/mol. The van der Waals surface area contributed by atoms with Gasteiger partial charge in [-0.25, -0.2) is 4.39 Å². The Bertz CT molecular complexity index is 1070. The van der Waals surface area contributed by atoms with E-state index in [2.05, 4.69) is 10.2 Å². The van der Waals surface area contributed by atoms with Crippen molar-refractivity contribution in [2.24, 2.45) is 0 Å². The van der Waals surface area contributed by atoms with Gasteiger partial charge in [-0.2, -0.15) is 13.2 Å². The maximum absolute atomic E-state index is 13.4. The third-order valence-electron chi connectivity index (χ3n) is 4.69. The fourth-order valence-corrected chi connectivity index (χ4v) is 3.67. The van der Waals surface area contributed by atoms with E-state index >= 15 is 0 Å². The van der Waals surface area contributed by atoms with Crippen LogP contribution in [0.4, 0.5) is 17.6 Å². The molecule has 1 aromatic heterocycles. The van der Waals surface area contributed by atoms with Gasteiger partial charge in [0.05, 0.1) is 10.6 Å². The van der Waals surface area contributed by atoms with Crippen molar-refractivity contribution < 1.29 is 22.4 Å². The number of hydrogen-bond donors (Lipinski definition) is 0. The van der Waals surface area contributed by atoms with Gasteiger partial charge in [-0.05, 0) is 23.8 Å². The molecular weight excluding hydrogens is 412 g/mol. The van der Waals surface area contributed by atoms with E-state index < -0.39 is 29.8 Å². The fraction of sp³-hybridized carbons (Fsp3) is 0.211. The van der Waals surface area contributed by atoms with Crippen LogP contribution in [0.15, 0.2) is 48.5 Å². The molecule has 0 saturated heterocycles. The second kappa shape index (κ2) is 7.14. The third kappa shape index (κ3) is 3.46. The lowest BCUT2D eigenvalue weighted by Gasteiger charge is -2.36. The molecule has 4 rings (SSSR count). The Morgan fingerprint density at radius 3 is 2.45 bits per heavy atom. The highest BCUT2D eigenvalue weighted by Gasteiger charge is 2.43. The second-order valence-electron chi connectivity index (χ2n) is 6.47. The van der Waals surface area contributed by atoms with E-state index in [4.69, 9.17) is 11.6 Å². The van der Waals surface area contributed by atoms with Crippen molar-refractivity contribution in [1.82, 2.24) is 19.7 Å². The average Bonchev–Trinajstić information content (AvgIpc) is 3.12. The highest BCUT2D eigenvalue weighted by molar-refractivity contribution is 6.33. The number of benzene rings is 2. The maximum atomic E-state index is 13.4. The number of aromatic nitrogens is 3. The van der Waals surface area contributed by atoms with E-state index in [1.165, 1.54) is 11.0 Å². The fourth-order valence-electron chi connectivity index (χ4n) is 3.42. The van der Waals surface area contributed by atoms with E-state index in [1.807, 2.05) is 0 Å². The Hall–Kier alpha value is -2.94. The molecule has 0 fully saturated rings. The smallest absolute Gasteiger partial charge is 0.322 e. The first-order valence-corrected chi connectivity index (χ1v) is 8.96. The van der Waals surface area contributed by atoms with E-state index in [0.717, 1.165) is 16.7 Å². The van der Waals surface area contributed by atoms with Gasteiger partial charge in [0.2, 0.25) is 5.82 Å². The van der Waals surface area contributed by atoms with Crippen molar-refractivity contribution in [3.8, 4) is 0 Å². The van der Waals surface area contributed by atoms with Crippen LogP contribution in [-0.4, -0.2) is 32.1 Å². The summed E-state index contributed by atoms with van der Waals surface area (Å²) in [6.45, 7) is -0.161. The second-order valence-corrected chi connectivity index (χ2v) is 6.87. The summed E-state index contributed by atoms with van der Waals surface area (Å²) < 4.78 is 54.2. The summed E-state index contributed by atoms with van der Waals surface area (Å²) in [5.74, 6) is -2.24. The molecule has 1 atom stereocenters. The van der Waals surface area contributed by atoms with Crippen molar-refractivity contribution >= 4 is 17.5 Å². The van der Waals surface area contributed by atoms with E-state index in [0.29, 0.717) is 5.56 Å². The molecule has 2 heterocycles. The van der Waals surface area contributed by atoms with Gasteiger partial charge in [0.1, 0.15) is 11.9 Å². The number of nitrogens with zero attached hydrogens (tertiary/aromatic N) is 4. The molecule has 29 heavy (non-hydrogen) atoms. The molecule has 0 radical (unpaired) electrons. The van der Waals surface area contributed by atoms with Crippen molar-refractivity contribution in [3.05, 3.63) is 82.1 Å². The highest BCUT2D eigenvalue weighted by atomic mass is 35.5. The number of alkyl halides is 3. The Kier molecular flexibility index (Phi) is 4.77. The van der Waals surface area contributed by atoms with Crippen molar-refractivity contribution in [2.45, 2.75) is 18.8 Å². The summed E-state index contributed by atoms with van der Waals surface area (Å²) >= 11 is 6.03. The molecule has 0 bridgehead atoms. The minimum atomic E-state index is -4.67. The monoisotopic (exact) mass is 424 g/mol. The molecule has 1 aliphatic heterocycles. The van der Waals surface area contributed by atoms with Gasteiger partial charge in [0.15, 0.2) is 5.82 Å². The predicted octanol–water partition coefficient (Wildman–Crippen LogP) is 4.33. The first kappa shape index (κ1) is 19.4. The Labute approximate surface area is 167 Å². The summed E-state index contributed by atoms with van der Waals surface area (Å²) in [6, 6.07) is 11.0. The summed E-state index contributed by atoms with van der Waals surface area (Å²) in [5, 5.41) is 6.99. The zero-order valence-corrected chi connectivity index (χ0v) is 15.5. The lowest BCUT2D eigenvalue weighted by atomic mass is 10.0. The largest absolute Gasteiger partial charge is 0.451 e. The molecule has 0 unspecified atom stereocenters. The molecule has 3 aromatic rings. The van der Waals surface area contributed by atoms with Gasteiger partial charge >= 0.3 is 6.18 Å². The number of halogens is 5. The molecule has 0 aliphatic carbocycles. The molecule has 150 valence electrons. The topological polar surface area (TPSA) is 51.0 Å². The van der Waals surface area contributed by atoms with Crippen LogP contribution in [0.1, 0.15) is 33.6 Å². The van der Waals surface area contributed by atoms with Crippen LogP contribution in [-0.2, 0) is 12.7 Å². The average molecular weight is 425 g/mol. The quantitative estimate of drug-likeness (QED) is 0.575. The minimum Gasteiger partial charge on any atom is -0.322 e. The van der Waals surface area contributed by atoms with Crippen molar-refractivity contribution in [1.29, 1.82) is 0 Å². The van der Waals surface area contributed by atoms with E-state index in [1.54, 1.807) is 30.3 Å². The number of amides is 1. The summed E-state index contributed by atoms with van der Waals surface area (Å²) in [5.41, 5.74) is 0.624. The number of rotatable bonds is 2. The molecule has 1 amide bonds. The standard InChI is InChI=1S/C19H13ClF4N4O/c20-14-10-12(21)6-7-13(14)17(29)27-8-9-28-16(25-26-18(28)19(22,23)24)15(27)11-4-2-1-3-5-11/h1-7,10,15H,8-9H2/t15-/m1/s1. The van der Waals surface area contributed by atoms with Gasteiger partial charge < -0.3 is 9.47 Å². The summed E-state index contributed by atoms with van der Waals surface area (Å²) in [7, 11) is 0. The van der Waals surface area contributed by atoms with E-state index in [-0.39, 0.29) is 29.5 Å². The van der Waals surface area contributed by atoms with Crippen LogP contribution in [0.3, 0.4) is 0 Å². The molecule has 0 spiro atoms. The van der Waals surface area contributed by atoms with Crippen LogP contribution >= 0.6 is 11.6 Å². The summed E-state index contributed by atoms with van der Waals surface area (Å²) in [6.07, 6.45) is -4.67. The molecule has 2 aromatic carbocycles. The molecule has 5 nitrogen and oxygen atoms in total. The Balaban J connectivity index is 1.82. The lowest BCUT2D eigenvalue weighted by Crippen LogP contribution is -2.43. The van der Waals surface area contributed by atoms with Gasteiger partial charge in [-0.15, -0.1) is 10.2 Å². The first-order chi connectivity index (χ1) is 13.8. The van der Waals surface area contributed by atoms with Gasteiger partial charge in [0.25, 0.3) is 5.91 Å². The van der Waals surface area contributed by atoms with E-state index in [9.17, 15) is 22.4 Å². The van der Waals surface area contributed by atoms with Crippen LogP contribution in [0, 0.1) is 5.82 Å². The molecular formula is C19H13ClF4N4O. The number of carbonyl (C=O) groups excluding carboxylic acids is 1. The number of fused-ring (bicyclic) bond motifs is 1. The van der Waals surface area contributed by atoms with Crippen LogP contribution < -0.4 is 0 Å². The Morgan fingerprint density at radius 1 is 1.07 bits per heavy atom. The molecule has 0 N–H and O–H groups in total. The minimum absolute atomic E-state index is 0.00126. The zero-order chi connectivity index (χ0) is 20.8. The van der Waals surface area contributed by atoms with Crippen molar-refractivity contribution in [3.63, 3.8) is 0 Å². The number of hydrogen-bond acceptors (Lipinski definition) is 3. The highest BCUT2D eigenvalue weighted by Crippen LogP contribution is 2.37. The third-order valence-corrected chi connectivity index (χ3v) is 5.00. The van der Waals surface area contributed by atoms with Crippen molar-refractivity contribution in [2.75, 3.05) is 6.54 Å². The summed E-state index contributed by atoms with van der Waals surface area (Å²) in [4.78, 5) is 14.5. The van der Waals surface area contributed by atoms with Crippen LogP contribution in [0.25, 0.3) is 0 Å². The first-order valence-electron chi connectivity index (χ1n) is 8.58. The molecule has 0 saturated carbocycles. The zero-order valence-electron chi connectivity index (χ0n) is 14.7. The van der Waals surface area contributed by atoms with Gasteiger partial charge in [-0.3, -0.25) is 4.79 Å². The normalized spacial score (nSPS) is 16.6. The number of carbonyl (C=O) groups is 1. The molecule has 10 heteroatoms. The van der Waals surface area contributed by atoms with Gasteiger partial charge in [0, 0.05) is 13.1 Å². The van der Waals surface area contributed by atoms with Gasteiger partial charge in [-0.1, -0.05) is 41.9 Å². The lowest BCUT2D eigenvalue weighted by molar-refractivity contribution is -0.148. The molecule has 1 aliphatic rings.